The van der Waals surface area contributed by atoms with Crippen LogP contribution in [-0.2, 0) is 6.18 Å². The second kappa shape index (κ2) is 1.36. The molecule has 0 unspecified atom stereocenters. The van der Waals surface area contributed by atoms with Gasteiger partial charge >= 0.3 is 6.18 Å². The molecule has 0 nitrogen and oxygen atoms in total. The van der Waals surface area contributed by atoms with Crippen LogP contribution < -0.4 is 0 Å². The molecule has 0 saturated carbocycles. The van der Waals surface area contributed by atoms with Gasteiger partial charge in [0.05, 0.1) is 5.56 Å². The van der Waals surface area contributed by atoms with Gasteiger partial charge in [-0.1, -0.05) is 12.1 Å². The van der Waals surface area contributed by atoms with Crippen molar-refractivity contribution < 1.29 is 13.2 Å². The van der Waals surface area contributed by atoms with Gasteiger partial charge < -0.3 is 0 Å². The summed E-state index contributed by atoms with van der Waals surface area (Å²) in [5.74, 6) is 0. The third kappa shape index (κ3) is 0.523. The average Bonchev–Trinajstić information content (AvgIpc) is 1.74. The molecule has 2 rings (SSSR count). The van der Waals surface area contributed by atoms with Gasteiger partial charge in [0.2, 0.25) is 0 Å². The molecule has 52 valence electrons. The Balaban J connectivity index is 2.53. The Morgan fingerprint density at radius 1 is 1.10 bits per heavy atom. The summed E-state index contributed by atoms with van der Waals surface area (Å²) in [6, 6.07) is 4.32. The Morgan fingerprint density at radius 3 is 1.90 bits per heavy atom. The molecule has 0 heterocycles. The molecule has 0 aliphatic heterocycles. The lowest BCUT2D eigenvalue weighted by atomic mass is 9.99. The molecular weight excluding hydrogens is 141 g/mol. The molecule has 0 spiro atoms. The van der Waals surface area contributed by atoms with Crippen LogP contribution in [0.1, 0.15) is 5.56 Å². The minimum Gasteiger partial charge on any atom is -0.166 e. The first kappa shape index (κ1) is 5.77. The largest absolute Gasteiger partial charge is 0.417 e. The second-order valence-electron chi connectivity index (χ2n) is 2.26. The molecule has 3 heteroatoms. The number of rotatable bonds is 0. The van der Waals surface area contributed by atoms with Gasteiger partial charge in [0, 0.05) is 0 Å². The Morgan fingerprint density at radius 2 is 1.80 bits per heavy atom. The number of hydrogen-bond acceptors (Lipinski definition) is 0. The van der Waals surface area contributed by atoms with E-state index in [9.17, 15) is 13.2 Å². The monoisotopic (exact) mass is 144 g/mol. The molecule has 0 fully saturated rings. The highest BCUT2D eigenvalue weighted by atomic mass is 19.4. The van der Waals surface area contributed by atoms with Crippen LogP contribution >= 0.6 is 0 Å². The van der Waals surface area contributed by atoms with Crippen molar-refractivity contribution in [3.63, 3.8) is 0 Å². The highest BCUT2D eigenvalue weighted by molar-refractivity contribution is 5.35. The fourth-order valence-electron chi connectivity index (χ4n) is 1.02. The van der Waals surface area contributed by atoms with Crippen molar-refractivity contribution in [2.75, 3.05) is 0 Å². The summed E-state index contributed by atoms with van der Waals surface area (Å²) in [7, 11) is 0. The van der Waals surface area contributed by atoms with Gasteiger partial charge in [-0.15, -0.1) is 0 Å². The quantitative estimate of drug-likeness (QED) is 0.532. The predicted molar refractivity (Wildman–Crippen MR) is 29.1 cm³/mol. The summed E-state index contributed by atoms with van der Waals surface area (Å²) in [6.07, 6.45) is -4.15. The first-order chi connectivity index (χ1) is 4.59. The van der Waals surface area contributed by atoms with E-state index in [1.54, 1.807) is 6.07 Å². The zero-order valence-electron chi connectivity index (χ0n) is 4.87. The van der Waals surface area contributed by atoms with Gasteiger partial charge in [0.25, 0.3) is 0 Å². The zero-order chi connectivity index (χ0) is 7.35. The molecule has 0 aromatic heterocycles. The second-order valence-corrected chi connectivity index (χ2v) is 2.26. The van der Waals surface area contributed by atoms with Crippen LogP contribution in [0.15, 0.2) is 18.2 Å². The highest BCUT2D eigenvalue weighted by Crippen LogP contribution is 2.34. The summed E-state index contributed by atoms with van der Waals surface area (Å²) < 4.78 is 35.5. The van der Waals surface area contributed by atoms with Gasteiger partial charge in [-0.3, -0.25) is 0 Å². The number of alkyl halides is 3. The van der Waals surface area contributed by atoms with Gasteiger partial charge in [-0.2, -0.15) is 13.2 Å². The maximum Gasteiger partial charge on any atom is 0.417 e. The van der Waals surface area contributed by atoms with Crippen LogP contribution in [0.4, 0.5) is 13.2 Å². The highest BCUT2D eigenvalue weighted by Gasteiger charge is 2.34. The predicted octanol–water partition coefficient (Wildman–Crippen LogP) is 2.31. The lowest BCUT2D eigenvalue weighted by molar-refractivity contribution is -0.139. The van der Waals surface area contributed by atoms with Gasteiger partial charge in [0.15, 0.2) is 0 Å². The molecule has 0 N–H and O–H groups in total. The van der Waals surface area contributed by atoms with E-state index in [4.69, 9.17) is 0 Å². The molecule has 10 heavy (non-hydrogen) atoms. The normalized spacial score (nSPS) is 13.5. The minimum atomic E-state index is -4.15. The van der Waals surface area contributed by atoms with E-state index in [1.165, 1.54) is 6.07 Å². The number of hydrogen-bond donors (Lipinski definition) is 0. The van der Waals surface area contributed by atoms with E-state index < -0.39 is 11.7 Å². The minimum absolute atomic E-state index is 0.368. The third-order valence-corrected chi connectivity index (χ3v) is 1.64. The summed E-state index contributed by atoms with van der Waals surface area (Å²) in [5, 5.41) is 1.10. The molecule has 2 aliphatic carbocycles. The van der Waals surface area contributed by atoms with Crippen LogP contribution in [0.25, 0.3) is 0 Å². The molecule has 0 atom stereocenters. The molecule has 0 aromatic carbocycles. The van der Waals surface area contributed by atoms with Crippen molar-refractivity contribution in [3.05, 3.63) is 34.2 Å². The zero-order valence-corrected chi connectivity index (χ0v) is 4.87. The van der Waals surface area contributed by atoms with Crippen LogP contribution in [0.3, 0.4) is 0 Å². The number of halogens is 3. The molecule has 0 amide bonds. The Bertz CT molecular complexity index is 361. The maximum absolute atomic E-state index is 11.8. The fraction of sp³-hybridized carbons (Fsp3) is 0.143. The van der Waals surface area contributed by atoms with Crippen LogP contribution in [-0.4, -0.2) is 0 Å². The van der Waals surface area contributed by atoms with Gasteiger partial charge in [-0.25, -0.2) is 0 Å². The third-order valence-electron chi connectivity index (χ3n) is 1.64. The summed E-state index contributed by atoms with van der Waals surface area (Å²) in [5.41, 5.74) is -0.481. The summed E-state index contributed by atoms with van der Waals surface area (Å²) >= 11 is 0. The average molecular weight is 144 g/mol. The molecule has 0 aromatic rings. The van der Waals surface area contributed by atoms with Crippen LogP contribution in [0.5, 0.6) is 0 Å². The first-order valence-corrected chi connectivity index (χ1v) is 2.80. The van der Waals surface area contributed by atoms with Crippen LogP contribution in [0, 0.1) is 10.4 Å². The summed E-state index contributed by atoms with van der Waals surface area (Å²) in [6.45, 7) is 0. The van der Waals surface area contributed by atoms with Crippen molar-refractivity contribution >= 4 is 0 Å². The molecule has 0 radical (unpaired) electrons. The SMILES string of the molecule is FC(F)(F)c1cc2ccc1=2. The van der Waals surface area contributed by atoms with Crippen molar-refractivity contribution in [3.8, 4) is 0 Å². The molecule has 0 saturated heterocycles. The first-order valence-electron chi connectivity index (χ1n) is 2.80. The maximum atomic E-state index is 11.8. The van der Waals surface area contributed by atoms with Crippen LogP contribution in [0.2, 0.25) is 0 Å². The lowest BCUT2D eigenvalue weighted by Crippen LogP contribution is -2.10. The van der Waals surface area contributed by atoms with E-state index in [-0.39, 0.29) is 0 Å². The fourth-order valence-corrected chi connectivity index (χ4v) is 1.02. The van der Waals surface area contributed by atoms with Gasteiger partial charge in [0.1, 0.15) is 0 Å². The Hall–Kier alpha value is -0.990. The Kier molecular flexibility index (Phi) is 0.785. The molecule has 0 bridgehead atoms. The van der Waals surface area contributed by atoms with Gasteiger partial charge in [-0.05, 0) is 16.5 Å². The Labute approximate surface area is 54.6 Å². The van der Waals surface area contributed by atoms with E-state index >= 15 is 0 Å². The van der Waals surface area contributed by atoms with Crippen molar-refractivity contribution in [2.24, 2.45) is 0 Å². The van der Waals surface area contributed by atoms with E-state index in [1.807, 2.05) is 0 Å². The smallest absolute Gasteiger partial charge is 0.166 e. The summed E-state index contributed by atoms with van der Waals surface area (Å²) in [4.78, 5) is 0. The van der Waals surface area contributed by atoms with E-state index in [2.05, 4.69) is 0 Å². The van der Waals surface area contributed by atoms with Crippen molar-refractivity contribution in [1.29, 1.82) is 0 Å². The molecular formula is C7H3F3. The van der Waals surface area contributed by atoms with Crippen molar-refractivity contribution in [1.82, 2.24) is 0 Å². The topological polar surface area (TPSA) is 0 Å². The van der Waals surface area contributed by atoms with Crippen molar-refractivity contribution in [2.45, 2.75) is 6.18 Å². The van der Waals surface area contributed by atoms with E-state index in [0.717, 1.165) is 11.3 Å². The molecule has 2 aliphatic rings. The lowest BCUT2D eigenvalue weighted by Gasteiger charge is -2.13. The van der Waals surface area contributed by atoms with E-state index in [0.29, 0.717) is 5.22 Å². The number of benzene rings is 1. The standard InChI is InChI=1S/C7H3F3/c8-7(9,10)6-3-4-1-2-5(4)6/h1-3H.